The molecular weight excluding hydrogens is 372 g/mol. The van der Waals surface area contributed by atoms with Crippen LogP contribution < -0.4 is 9.47 Å². The van der Waals surface area contributed by atoms with E-state index < -0.39 is 0 Å². The molecule has 1 aromatic heterocycles. The fraction of sp³-hybridized carbons (Fsp3) is 0.650. The van der Waals surface area contributed by atoms with Crippen LogP contribution in [0.4, 0.5) is 0 Å². The molecule has 2 aromatic rings. The van der Waals surface area contributed by atoms with Crippen molar-refractivity contribution < 1.29 is 14.2 Å². The van der Waals surface area contributed by atoms with Gasteiger partial charge in [-0.05, 0) is 34.0 Å². The summed E-state index contributed by atoms with van der Waals surface area (Å²) in [6, 6.07) is 6.42. The highest BCUT2D eigenvalue weighted by Gasteiger charge is 2.31. The summed E-state index contributed by atoms with van der Waals surface area (Å²) in [7, 11) is 1.70. The third-order valence-electron chi connectivity index (χ3n) is 5.61. The standard InChI is InChI=1S/C20H30N6O3/c1-15(2)19(20-21-22-23-26(20)10-11-27-3)25-8-6-24(7-9-25)13-16-4-5-17-18(12-16)29-14-28-17/h4-5,12,15,19H,6-11,13-14H2,1-3H3/t19-/m1/s1. The lowest BCUT2D eigenvalue weighted by atomic mass is 10.0. The second kappa shape index (κ2) is 9.06. The van der Waals surface area contributed by atoms with Crippen LogP contribution in [0.5, 0.6) is 11.5 Å². The number of nitrogens with zero attached hydrogens (tertiary/aromatic N) is 6. The normalized spacial score (nSPS) is 18.5. The Labute approximate surface area is 171 Å². The van der Waals surface area contributed by atoms with E-state index in [0.717, 1.165) is 50.0 Å². The Morgan fingerprint density at radius 2 is 1.90 bits per heavy atom. The Morgan fingerprint density at radius 3 is 2.66 bits per heavy atom. The van der Waals surface area contributed by atoms with E-state index in [1.807, 2.05) is 10.7 Å². The summed E-state index contributed by atoms with van der Waals surface area (Å²) in [5.41, 5.74) is 1.26. The van der Waals surface area contributed by atoms with E-state index in [1.54, 1.807) is 7.11 Å². The van der Waals surface area contributed by atoms with E-state index in [1.165, 1.54) is 5.56 Å². The highest BCUT2D eigenvalue weighted by molar-refractivity contribution is 5.44. The molecule has 2 aliphatic rings. The van der Waals surface area contributed by atoms with Gasteiger partial charge in [0.25, 0.3) is 0 Å². The summed E-state index contributed by atoms with van der Waals surface area (Å²) >= 11 is 0. The van der Waals surface area contributed by atoms with Crippen molar-refractivity contribution in [3.8, 4) is 11.5 Å². The van der Waals surface area contributed by atoms with Crippen LogP contribution in [0.3, 0.4) is 0 Å². The van der Waals surface area contributed by atoms with E-state index in [0.29, 0.717) is 25.9 Å². The zero-order chi connectivity index (χ0) is 20.2. The van der Waals surface area contributed by atoms with Gasteiger partial charge in [-0.3, -0.25) is 9.80 Å². The minimum Gasteiger partial charge on any atom is -0.454 e. The highest BCUT2D eigenvalue weighted by Crippen LogP contribution is 2.33. The molecule has 0 spiro atoms. The molecule has 0 amide bonds. The molecule has 3 heterocycles. The van der Waals surface area contributed by atoms with Crippen molar-refractivity contribution in [1.29, 1.82) is 0 Å². The van der Waals surface area contributed by atoms with Crippen LogP contribution in [-0.4, -0.2) is 76.7 Å². The SMILES string of the molecule is COCCn1nnnc1[C@@H](C(C)C)N1CCN(Cc2ccc3c(c2)OCO3)CC1. The second-order valence-corrected chi connectivity index (χ2v) is 7.94. The van der Waals surface area contributed by atoms with Crippen LogP contribution in [0.1, 0.15) is 31.3 Å². The maximum absolute atomic E-state index is 5.50. The van der Waals surface area contributed by atoms with Crippen LogP contribution >= 0.6 is 0 Å². The van der Waals surface area contributed by atoms with E-state index in [9.17, 15) is 0 Å². The van der Waals surface area contributed by atoms with Gasteiger partial charge in [0.15, 0.2) is 17.3 Å². The van der Waals surface area contributed by atoms with Gasteiger partial charge in [0.05, 0.1) is 19.2 Å². The Kier molecular flexibility index (Phi) is 6.27. The minimum atomic E-state index is 0.203. The van der Waals surface area contributed by atoms with Crippen molar-refractivity contribution in [2.75, 3.05) is 46.7 Å². The Hall–Kier alpha value is -2.23. The van der Waals surface area contributed by atoms with E-state index in [4.69, 9.17) is 14.2 Å². The van der Waals surface area contributed by atoms with Crippen LogP contribution in [0.2, 0.25) is 0 Å². The van der Waals surface area contributed by atoms with Crippen LogP contribution in [0.25, 0.3) is 0 Å². The summed E-state index contributed by atoms with van der Waals surface area (Å²) in [4.78, 5) is 5.00. The maximum atomic E-state index is 5.50. The van der Waals surface area contributed by atoms with Gasteiger partial charge in [0.1, 0.15) is 0 Å². The Balaban J connectivity index is 1.38. The first-order valence-corrected chi connectivity index (χ1v) is 10.3. The molecule has 2 aliphatic heterocycles. The van der Waals surface area contributed by atoms with Crippen LogP contribution in [0, 0.1) is 5.92 Å². The summed E-state index contributed by atoms with van der Waals surface area (Å²) in [6.07, 6.45) is 0. The van der Waals surface area contributed by atoms with Gasteiger partial charge in [-0.1, -0.05) is 19.9 Å². The molecule has 1 fully saturated rings. The van der Waals surface area contributed by atoms with Gasteiger partial charge in [0.2, 0.25) is 6.79 Å². The van der Waals surface area contributed by atoms with Crippen molar-refractivity contribution in [1.82, 2.24) is 30.0 Å². The van der Waals surface area contributed by atoms with Gasteiger partial charge in [0, 0.05) is 39.8 Å². The van der Waals surface area contributed by atoms with Gasteiger partial charge in [-0.25, -0.2) is 4.68 Å². The first-order valence-electron chi connectivity index (χ1n) is 10.3. The molecule has 29 heavy (non-hydrogen) atoms. The highest BCUT2D eigenvalue weighted by atomic mass is 16.7. The van der Waals surface area contributed by atoms with Gasteiger partial charge in [-0.2, -0.15) is 0 Å². The number of methoxy groups -OCH3 is 1. The monoisotopic (exact) mass is 402 g/mol. The molecule has 0 N–H and O–H groups in total. The number of benzene rings is 1. The number of ether oxygens (including phenoxy) is 3. The van der Waals surface area contributed by atoms with Crippen molar-refractivity contribution >= 4 is 0 Å². The van der Waals surface area contributed by atoms with Crippen molar-refractivity contribution in [2.45, 2.75) is 33.0 Å². The minimum absolute atomic E-state index is 0.203. The third-order valence-corrected chi connectivity index (χ3v) is 5.61. The lowest BCUT2D eigenvalue weighted by Crippen LogP contribution is -2.48. The molecule has 0 aliphatic carbocycles. The lowest BCUT2D eigenvalue weighted by molar-refractivity contribution is 0.0651. The van der Waals surface area contributed by atoms with Crippen LogP contribution in [-0.2, 0) is 17.8 Å². The number of hydrogen-bond donors (Lipinski definition) is 0. The molecule has 9 heteroatoms. The van der Waals surface area contributed by atoms with E-state index in [2.05, 4.69) is 51.3 Å². The first-order chi connectivity index (χ1) is 14.2. The van der Waals surface area contributed by atoms with Gasteiger partial charge in [-0.15, -0.1) is 5.10 Å². The zero-order valence-corrected chi connectivity index (χ0v) is 17.5. The fourth-order valence-electron chi connectivity index (χ4n) is 4.14. The molecule has 0 bridgehead atoms. The van der Waals surface area contributed by atoms with E-state index >= 15 is 0 Å². The van der Waals surface area contributed by atoms with Crippen molar-refractivity contribution in [3.63, 3.8) is 0 Å². The summed E-state index contributed by atoms with van der Waals surface area (Å²) in [5.74, 6) is 3.04. The van der Waals surface area contributed by atoms with Crippen molar-refractivity contribution in [3.05, 3.63) is 29.6 Å². The molecule has 1 atom stereocenters. The number of fused-ring (bicyclic) bond motifs is 1. The summed E-state index contributed by atoms with van der Waals surface area (Å²) in [6.45, 7) is 11.0. The van der Waals surface area contributed by atoms with Gasteiger partial charge >= 0.3 is 0 Å². The molecular formula is C20H30N6O3. The molecule has 158 valence electrons. The topological polar surface area (TPSA) is 77.8 Å². The van der Waals surface area contributed by atoms with Gasteiger partial charge < -0.3 is 14.2 Å². The first kappa shape index (κ1) is 20.1. The molecule has 0 unspecified atom stereocenters. The molecule has 9 nitrogen and oxygen atoms in total. The molecule has 0 radical (unpaired) electrons. The smallest absolute Gasteiger partial charge is 0.231 e. The number of aromatic nitrogens is 4. The second-order valence-electron chi connectivity index (χ2n) is 7.94. The Bertz CT molecular complexity index is 803. The fourth-order valence-corrected chi connectivity index (χ4v) is 4.14. The molecule has 0 saturated carbocycles. The molecule has 4 rings (SSSR count). The molecule has 1 aromatic carbocycles. The molecule has 1 saturated heterocycles. The average molecular weight is 402 g/mol. The summed E-state index contributed by atoms with van der Waals surface area (Å²) in [5, 5.41) is 12.4. The average Bonchev–Trinajstić information content (AvgIpc) is 3.37. The number of piperazine rings is 1. The summed E-state index contributed by atoms with van der Waals surface area (Å²) < 4.78 is 18.0. The third kappa shape index (κ3) is 4.52. The van der Waals surface area contributed by atoms with E-state index in [-0.39, 0.29) is 6.04 Å². The maximum Gasteiger partial charge on any atom is 0.231 e. The predicted octanol–water partition coefficient (Wildman–Crippen LogP) is 1.56. The largest absolute Gasteiger partial charge is 0.454 e. The predicted molar refractivity (Wildman–Crippen MR) is 107 cm³/mol. The zero-order valence-electron chi connectivity index (χ0n) is 17.5. The number of hydrogen-bond acceptors (Lipinski definition) is 8. The van der Waals surface area contributed by atoms with Crippen LogP contribution in [0.15, 0.2) is 18.2 Å². The number of rotatable bonds is 8. The number of tetrazole rings is 1. The quantitative estimate of drug-likeness (QED) is 0.658. The Morgan fingerprint density at radius 1 is 1.10 bits per heavy atom. The van der Waals surface area contributed by atoms with Crippen molar-refractivity contribution in [2.24, 2.45) is 5.92 Å². The lowest BCUT2D eigenvalue weighted by Gasteiger charge is -2.40.